The molecule has 4 aromatic heterocycles. The third-order valence-electron chi connectivity index (χ3n) is 9.58. The van der Waals surface area contributed by atoms with Crippen molar-refractivity contribution in [2.45, 2.75) is 71.9 Å². The summed E-state index contributed by atoms with van der Waals surface area (Å²) in [5.41, 5.74) is 2.54. The maximum atomic E-state index is 14.2. The summed E-state index contributed by atoms with van der Waals surface area (Å²) in [4.78, 5) is 50.2. The second-order valence-electron chi connectivity index (χ2n) is 13.2. The number of benzene rings is 1. The molecule has 0 spiro atoms. The number of nitrogens with zero attached hydrogens (tertiary/aromatic N) is 6. The van der Waals surface area contributed by atoms with Gasteiger partial charge in [-0.05, 0) is 80.5 Å². The summed E-state index contributed by atoms with van der Waals surface area (Å²) in [6.45, 7) is 6.23. The molecule has 11 nitrogen and oxygen atoms in total. The molecular weight excluding hydrogens is 639 g/mol. The number of aryl methyl sites for hydroxylation is 2. The number of carbonyl (C=O) groups is 3. The average Bonchev–Trinajstić information content (AvgIpc) is 3.31. The van der Waals surface area contributed by atoms with E-state index in [-0.39, 0.29) is 35.8 Å². The quantitative estimate of drug-likeness (QED) is 0.208. The van der Waals surface area contributed by atoms with Gasteiger partial charge >= 0.3 is 6.18 Å². The first-order chi connectivity index (χ1) is 24.3. The van der Waals surface area contributed by atoms with Crippen molar-refractivity contribution in [3.63, 3.8) is 0 Å². The number of Topliss-reactive ketones (excluding diaryl/α,β-unsaturated/α-hetero) is 1. The number of nitrogens with one attached hydrogen (secondary N) is 1. The Morgan fingerprint density at radius 3 is 2.61 bits per heavy atom. The molecule has 0 radical (unpaired) electrons. The second kappa shape index (κ2) is 11.5. The number of likely N-dealkylation sites (tertiary alicyclic amines) is 1. The molecule has 1 saturated heterocycles. The van der Waals surface area contributed by atoms with Crippen LogP contribution in [0.15, 0.2) is 48.8 Å². The molecule has 1 aliphatic heterocycles. The maximum absolute atomic E-state index is 14.2. The topological polar surface area (TPSA) is 124 Å². The molecule has 5 heterocycles. The van der Waals surface area contributed by atoms with Crippen molar-refractivity contribution in [2.24, 2.45) is 5.41 Å². The number of ether oxygens (including phenoxy) is 1. The van der Waals surface area contributed by atoms with E-state index in [0.717, 1.165) is 22.8 Å². The minimum atomic E-state index is -4.84. The van der Waals surface area contributed by atoms with Crippen LogP contribution in [0.25, 0.3) is 27.7 Å². The number of halogens is 3. The summed E-state index contributed by atoms with van der Waals surface area (Å²) < 4.78 is 70.8. The molecule has 2 aliphatic rings. The van der Waals surface area contributed by atoms with Crippen LogP contribution in [-0.4, -0.2) is 65.8 Å². The number of hydrogen-bond acceptors (Lipinski definition) is 7. The lowest BCUT2D eigenvalue weighted by molar-refractivity contribution is -0.141. The summed E-state index contributed by atoms with van der Waals surface area (Å²) >= 11 is 0. The van der Waals surface area contributed by atoms with Gasteiger partial charge in [-0.15, -0.1) is 0 Å². The van der Waals surface area contributed by atoms with E-state index in [1.165, 1.54) is 11.8 Å². The van der Waals surface area contributed by atoms with Crippen LogP contribution in [0.3, 0.4) is 0 Å². The summed E-state index contributed by atoms with van der Waals surface area (Å²) in [6.07, 6.45) is -0.446. The summed E-state index contributed by atoms with van der Waals surface area (Å²) in [7, 11) is -2.84. The Balaban J connectivity index is 1.18. The van der Waals surface area contributed by atoms with Crippen LogP contribution in [-0.2, 0) is 33.7 Å². The Morgan fingerprint density at radius 1 is 1.08 bits per heavy atom. The predicted molar refractivity (Wildman–Crippen MR) is 174 cm³/mol. The average molecular weight is 677 g/mol. The number of aromatic nitrogens is 5. The SMILES string of the molecule is [2H]C([2H])([2H])OCc1ccc(C(F)(F)F)nc1NC(=O)[C@@H]1C[C@@]2(C)C[C@H]2N1C(=O)Cn1cc(C(C)=O)c2cc(-c3ccc4nc(C)nn4c3)cc(C)c21. The van der Waals surface area contributed by atoms with Crippen LogP contribution >= 0.6 is 0 Å². The van der Waals surface area contributed by atoms with Gasteiger partial charge in [0.2, 0.25) is 11.8 Å². The number of amides is 2. The standard InChI is InChI=1S/C35H34F3N7O4/c1-18-10-23(21-7-9-29-39-20(3)42-44(29)14-21)11-24-25(19(2)46)15-43(31(18)24)16-30(47)45-26(12-34(4)13-28(34)45)33(48)41-32-22(17-49-5)6-8-27(40-32)35(36,37)38/h6-11,14-15,26,28H,12-13,16-17H2,1-5H3,(H,40,41,48)/t26-,28+,34-/m0/s1/i5D3. The van der Waals surface area contributed by atoms with Crippen molar-refractivity contribution in [1.29, 1.82) is 0 Å². The molecule has 49 heavy (non-hydrogen) atoms. The molecule has 5 aromatic rings. The van der Waals surface area contributed by atoms with Gasteiger partial charge in [-0.3, -0.25) is 14.4 Å². The van der Waals surface area contributed by atoms with E-state index in [9.17, 15) is 27.6 Å². The molecule has 1 saturated carbocycles. The smallest absolute Gasteiger partial charge is 0.380 e. The van der Waals surface area contributed by atoms with Crippen LogP contribution < -0.4 is 5.32 Å². The molecule has 3 atom stereocenters. The fourth-order valence-electron chi connectivity index (χ4n) is 7.13. The number of piperidine rings is 1. The van der Waals surface area contributed by atoms with Gasteiger partial charge in [-0.25, -0.2) is 14.5 Å². The van der Waals surface area contributed by atoms with Gasteiger partial charge in [0.15, 0.2) is 11.4 Å². The van der Waals surface area contributed by atoms with Crippen molar-refractivity contribution >= 4 is 40.0 Å². The van der Waals surface area contributed by atoms with Crippen LogP contribution in [0.4, 0.5) is 19.0 Å². The Bertz CT molecular complexity index is 2300. The zero-order valence-electron chi connectivity index (χ0n) is 30.1. The number of carbonyl (C=O) groups excluding carboxylic acids is 3. The predicted octanol–water partition coefficient (Wildman–Crippen LogP) is 5.75. The van der Waals surface area contributed by atoms with Crippen molar-refractivity contribution in [2.75, 3.05) is 12.4 Å². The maximum Gasteiger partial charge on any atom is 0.433 e. The molecule has 0 unspecified atom stereocenters. The summed E-state index contributed by atoms with van der Waals surface area (Å²) in [6, 6.07) is 7.98. The third-order valence-corrected chi connectivity index (χ3v) is 9.58. The second-order valence-corrected chi connectivity index (χ2v) is 13.2. The number of anilines is 1. The molecule has 1 aromatic carbocycles. The van der Waals surface area contributed by atoms with Crippen molar-refractivity contribution in [1.82, 2.24) is 29.0 Å². The minimum Gasteiger partial charge on any atom is -0.380 e. The van der Waals surface area contributed by atoms with E-state index in [1.807, 2.05) is 44.3 Å². The van der Waals surface area contributed by atoms with E-state index in [1.54, 1.807) is 22.2 Å². The lowest BCUT2D eigenvalue weighted by atomic mass is 9.99. The molecule has 1 N–H and O–H groups in total. The highest BCUT2D eigenvalue weighted by Gasteiger charge is 2.64. The number of methoxy groups -OCH3 is 1. The molecule has 1 aliphatic carbocycles. The lowest BCUT2D eigenvalue weighted by Crippen LogP contribution is -2.46. The van der Waals surface area contributed by atoms with Gasteiger partial charge in [-0.2, -0.15) is 18.3 Å². The molecule has 254 valence electrons. The van der Waals surface area contributed by atoms with Crippen molar-refractivity contribution in [3.8, 4) is 11.1 Å². The van der Waals surface area contributed by atoms with Crippen LogP contribution in [0, 0.1) is 19.3 Å². The molecule has 2 fully saturated rings. The Kier molecular flexibility index (Phi) is 6.78. The molecule has 2 amide bonds. The van der Waals surface area contributed by atoms with Gasteiger partial charge in [0.25, 0.3) is 0 Å². The van der Waals surface area contributed by atoms with Gasteiger partial charge in [0.05, 0.1) is 16.2 Å². The van der Waals surface area contributed by atoms with Crippen molar-refractivity contribution < 1.29 is 36.4 Å². The Hall–Kier alpha value is -5.11. The first-order valence-electron chi connectivity index (χ1n) is 17.1. The van der Waals surface area contributed by atoms with Gasteiger partial charge in [0, 0.05) is 47.6 Å². The van der Waals surface area contributed by atoms with Crippen LogP contribution in [0.1, 0.15) is 63.8 Å². The number of alkyl halides is 3. The third kappa shape index (κ3) is 5.73. The van der Waals surface area contributed by atoms with Gasteiger partial charge in [-0.1, -0.05) is 13.0 Å². The van der Waals surface area contributed by atoms with E-state index in [0.29, 0.717) is 40.4 Å². The monoisotopic (exact) mass is 676 g/mol. The molecule has 7 rings (SSSR count). The van der Waals surface area contributed by atoms with E-state index < -0.39 is 49.2 Å². The Labute approximate surface area is 283 Å². The van der Waals surface area contributed by atoms with Crippen LogP contribution in [0.5, 0.6) is 0 Å². The molecular formula is C35H34F3N7O4. The summed E-state index contributed by atoms with van der Waals surface area (Å²) in [5, 5.41) is 7.48. The number of ketones is 1. The first kappa shape index (κ1) is 28.9. The normalized spacial score (nSPS) is 21.4. The first-order valence-corrected chi connectivity index (χ1v) is 15.6. The zero-order valence-corrected chi connectivity index (χ0v) is 27.1. The Morgan fingerprint density at radius 2 is 1.88 bits per heavy atom. The zero-order chi connectivity index (χ0) is 37.5. The lowest BCUT2D eigenvalue weighted by Gasteiger charge is -2.27. The van der Waals surface area contributed by atoms with Gasteiger partial charge < -0.3 is 19.5 Å². The van der Waals surface area contributed by atoms with Gasteiger partial charge in [0.1, 0.15) is 29.9 Å². The fourth-order valence-corrected chi connectivity index (χ4v) is 7.13. The summed E-state index contributed by atoms with van der Waals surface area (Å²) in [5.74, 6) is -1.24. The van der Waals surface area contributed by atoms with Crippen molar-refractivity contribution in [3.05, 3.63) is 77.0 Å². The van der Waals surface area contributed by atoms with E-state index in [4.69, 9.17) is 8.85 Å². The molecule has 14 heteroatoms. The highest BCUT2D eigenvalue weighted by Crippen LogP contribution is 2.59. The molecule has 0 bridgehead atoms. The largest absolute Gasteiger partial charge is 0.433 e. The highest BCUT2D eigenvalue weighted by atomic mass is 19.4. The van der Waals surface area contributed by atoms with E-state index in [2.05, 4.69) is 20.4 Å². The minimum absolute atomic E-state index is 0.0774. The van der Waals surface area contributed by atoms with E-state index >= 15 is 0 Å². The van der Waals surface area contributed by atoms with Crippen LogP contribution in [0.2, 0.25) is 0 Å². The number of rotatable bonds is 8. The number of hydrogen-bond donors (Lipinski definition) is 1. The number of fused-ring (bicyclic) bond motifs is 3. The number of pyridine rings is 2. The fraction of sp³-hybridized carbons (Fsp3) is 0.371. The highest BCUT2D eigenvalue weighted by molar-refractivity contribution is 6.09.